The lowest BCUT2D eigenvalue weighted by molar-refractivity contribution is 0.137. The molecular weight excluding hydrogens is 315 g/mol. The van der Waals surface area contributed by atoms with E-state index in [0.29, 0.717) is 19.0 Å². The van der Waals surface area contributed by atoms with Crippen LogP contribution >= 0.6 is 0 Å². The molecule has 4 nitrogen and oxygen atoms in total. The van der Waals surface area contributed by atoms with Crippen molar-refractivity contribution in [3.05, 3.63) is 35.1 Å². The van der Waals surface area contributed by atoms with E-state index in [4.69, 9.17) is 0 Å². The van der Waals surface area contributed by atoms with Gasteiger partial charge in [0.05, 0.1) is 6.26 Å². The molecule has 1 fully saturated rings. The summed E-state index contributed by atoms with van der Waals surface area (Å²) >= 11 is 0. The Bertz CT molecular complexity index is 677. The van der Waals surface area contributed by atoms with Crippen molar-refractivity contribution in [3.63, 3.8) is 0 Å². The quantitative estimate of drug-likeness (QED) is 0.848. The van der Waals surface area contributed by atoms with E-state index in [1.54, 1.807) is 10.4 Å². The van der Waals surface area contributed by atoms with Crippen LogP contribution < -0.4 is 0 Å². The topological polar surface area (TPSA) is 40.6 Å². The number of piperidine rings is 1. The second-order valence-electron chi connectivity index (χ2n) is 6.89. The van der Waals surface area contributed by atoms with E-state index in [2.05, 4.69) is 11.8 Å². The van der Waals surface area contributed by atoms with Gasteiger partial charge in [-0.3, -0.25) is 4.90 Å². The number of fused-ring (bicyclic) bond motifs is 1. The van der Waals surface area contributed by atoms with Gasteiger partial charge < -0.3 is 0 Å². The maximum absolute atomic E-state index is 13.4. The molecule has 6 heteroatoms. The molecule has 0 aromatic heterocycles. The Kier molecular flexibility index (Phi) is 4.76. The van der Waals surface area contributed by atoms with E-state index in [1.807, 2.05) is 6.07 Å². The second kappa shape index (κ2) is 6.49. The van der Waals surface area contributed by atoms with Gasteiger partial charge in [0.25, 0.3) is 0 Å². The van der Waals surface area contributed by atoms with Crippen molar-refractivity contribution < 1.29 is 12.8 Å². The fraction of sp³-hybridized carbons (Fsp3) is 0.647. The van der Waals surface area contributed by atoms with Crippen molar-refractivity contribution in [1.29, 1.82) is 0 Å². The predicted octanol–water partition coefficient (Wildman–Crippen LogP) is 2.42. The highest BCUT2D eigenvalue weighted by molar-refractivity contribution is 7.88. The number of sulfonamides is 1. The lowest BCUT2D eigenvalue weighted by Gasteiger charge is -2.39. The minimum absolute atomic E-state index is 0.166. The van der Waals surface area contributed by atoms with Crippen molar-refractivity contribution in [1.82, 2.24) is 9.21 Å². The van der Waals surface area contributed by atoms with E-state index in [-0.39, 0.29) is 11.9 Å². The Labute approximate surface area is 138 Å². The van der Waals surface area contributed by atoms with Crippen LogP contribution in [0.4, 0.5) is 4.39 Å². The lowest BCUT2D eigenvalue weighted by Crippen LogP contribution is -2.45. The normalized spacial score (nSPS) is 26.9. The van der Waals surface area contributed by atoms with Gasteiger partial charge in [0.15, 0.2) is 0 Å². The molecule has 1 saturated heterocycles. The van der Waals surface area contributed by atoms with Gasteiger partial charge in [0.1, 0.15) is 5.82 Å². The molecule has 23 heavy (non-hydrogen) atoms. The van der Waals surface area contributed by atoms with Gasteiger partial charge >= 0.3 is 0 Å². The number of nitrogens with zero attached hydrogens (tertiary/aromatic N) is 2. The Morgan fingerprint density at radius 2 is 2.09 bits per heavy atom. The molecule has 2 aliphatic heterocycles. The summed E-state index contributed by atoms with van der Waals surface area (Å²) in [4.78, 5) is 2.41. The van der Waals surface area contributed by atoms with Crippen LogP contribution in [0.5, 0.6) is 0 Å². The minimum atomic E-state index is -3.09. The molecule has 128 valence electrons. The SMILES string of the molecule is C[C@H]1c2ccc(F)cc2CCN1C[C@@H]1CCCN(S(C)(=O)=O)C1. The standard InChI is InChI=1S/C17H25FN2O2S/c1-13-17-6-5-16(18)10-15(17)7-9-19(13)11-14-4-3-8-20(12-14)23(2,21)22/h5-6,10,13-14H,3-4,7-9,11-12H2,1-2H3/t13-,14-/m0/s1. The smallest absolute Gasteiger partial charge is 0.211 e. The first-order valence-electron chi connectivity index (χ1n) is 8.32. The molecule has 2 heterocycles. The Balaban J connectivity index is 1.68. The molecule has 1 aromatic rings. The molecule has 0 N–H and O–H groups in total. The third-order valence-electron chi connectivity index (χ3n) is 5.21. The second-order valence-corrected chi connectivity index (χ2v) is 8.88. The number of rotatable bonds is 3. The minimum Gasteiger partial charge on any atom is -0.296 e. The molecule has 0 saturated carbocycles. The Morgan fingerprint density at radius 1 is 1.30 bits per heavy atom. The van der Waals surface area contributed by atoms with Crippen molar-refractivity contribution in [3.8, 4) is 0 Å². The first-order valence-corrected chi connectivity index (χ1v) is 10.2. The largest absolute Gasteiger partial charge is 0.296 e. The molecule has 3 rings (SSSR count). The molecule has 0 spiro atoms. The zero-order valence-electron chi connectivity index (χ0n) is 13.8. The van der Waals surface area contributed by atoms with Crippen LogP contribution in [0.1, 0.15) is 36.9 Å². The van der Waals surface area contributed by atoms with E-state index in [0.717, 1.165) is 37.9 Å². The highest BCUT2D eigenvalue weighted by Crippen LogP contribution is 2.31. The molecule has 0 bridgehead atoms. The first-order chi connectivity index (χ1) is 10.8. The van der Waals surface area contributed by atoms with Gasteiger partial charge in [0.2, 0.25) is 10.0 Å². The molecule has 0 radical (unpaired) electrons. The zero-order valence-corrected chi connectivity index (χ0v) is 14.7. The van der Waals surface area contributed by atoms with Crippen molar-refractivity contribution in [2.45, 2.75) is 32.2 Å². The van der Waals surface area contributed by atoms with Crippen molar-refractivity contribution in [2.24, 2.45) is 5.92 Å². The van der Waals surface area contributed by atoms with E-state index >= 15 is 0 Å². The summed E-state index contributed by atoms with van der Waals surface area (Å²) in [5, 5.41) is 0. The van der Waals surface area contributed by atoms with Crippen LogP contribution in [0.15, 0.2) is 18.2 Å². The summed E-state index contributed by atoms with van der Waals surface area (Å²) < 4.78 is 38.5. The summed E-state index contributed by atoms with van der Waals surface area (Å²) in [5.41, 5.74) is 2.31. The van der Waals surface area contributed by atoms with E-state index < -0.39 is 10.0 Å². The van der Waals surface area contributed by atoms with E-state index in [9.17, 15) is 12.8 Å². The average Bonchev–Trinajstić information content (AvgIpc) is 2.49. The maximum atomic E-state index is 13.4. The third kappa shape index (κ3) is 3.75. The predicted molar refractivity (Wildman–Crippen MR) is 89.2 cm³/mol. The highest BCUT2D eigenvalue weighted by atomic mass is 32.2. The molecular formula is C17H25FN2O2S. The van der Waals surface area contributed by atoms with Crippen LogP contribution in [0.25, 0.3) is 0 Å². The number of benzene rings is 1. The number of hydrogen-bond acceptors (Lipinski definition) is 3. The fourth-order valence-electron chi connectivity index (χ4n) is 3.91. The highest BCUT2D eigenvalue weighted by Gasteiger charge is 2.30. The van der Waals surface area contributed by atoms with Crippen LogP contribution in [0, 0.1) is 11.7 Å². The number of halogens is 1. The van der Waals surface area contributed by atoms with E-state index in [1.165, 1.54) is 17.9 Å². The van der Waals surface area contributed by atoms with Gasteiger partial charge in [0, 0.05) is 32.2 Å². The Hall–Kier alpha value is -0.980. The summed E-state index contributed by atoms with van der Waals surface area (Å²) in [6.07, 6.45) is 4.16. The molecule has 0 unspecified atom stereocenters. The van der Waals surface area contributed by atoms with Gasteiger partial charge in [-0.1, -0.05) is 6.07 Å². The summed E-state index contributed by atoms with van der Waals surface area (Å²) in [5.74, 6) is 0.211. The zero-order chi connectivity index (χ0) is 16.6. The first kappa shape index (κ1) is 16.9. The van der Waals surface area contributed by atoms with Crippen LogP contribution in [-0.2, 0) is 16.4 Å². The monoisotopic (exact) mass is 340 g/mol. The summed E-state index contributed by atoms with van der Waals surface area (Å²) in [6, 6.07) is 5.33. The molecule has 1 aromatic carbocycles. The van der Waals surface area contributed by atoms with Crippen molar-refractivity contribution in [2.75, 3.05) is 32.4 Å². The van der Waals surface area contributed by atoms with Gasteiger partial charge in [-0.2, -0.15) is 0 Å². The van der Waals surface area contributed by atoms with Crippen LogP contribution in [-0.4, -0.2) is 50.1 Å². The third-order valence-corrected chi connectivity index (χ3v) is 6.48. The van der Waals surface area contributed by atoms with Gasteiger partial charge in [-0.25, -0.2) is 17.1 Å². The summed E-state index contributed by atoms with van der Waals surface area (Å²) in [7, 11) is -3.09. The summed E-state index contributed by atoms with van der Waals surface area (Å²) in [6.45, 7) is 5.25. The number of hydrogen-bond donors (Lipinski definition) is 0. The van der Waals surface area contributed by atoms with Crippen LogP contribution in [0.3, 0.4) is 0 Å². The van der Waals surface area contributed by atoms with Gasteiger partial charge in [-0.15, -0.1) is 0 Å². The molecule has 2 aliphatic rings. The maximum Gasteiger partial charge on any atom is 0.211 e. The average molecular weight is 340 g/mol. The molecule has 2 atom stereocenters. The van der Waals surface area contributed by atoms with Crippen LogP contribution in [0.2, 0.25) is 0 Å². The van der Waals surface area contributed by atoms with Gasteiger partial charge in [-0.05, 0) is 55.4 Å². The van der Waals surface area contributed by atoms with Crippen molar-refractivity contribution >= 4 is 10.0 Å². The lowest BCUT2D eigenvalue weighted by atomic mass is 9.91. The Morgan fingerprint density at radius 3 is 2.83 bits per heavy atom. The molecule has 0 amide bonds. The molecule has 0 aliphatic carbocycles. The fourth-order valence-corrected chi connectivity index (χ4v) is 4.85.